The molecule has 1 aliphatic carbocycles. The van der Waals surface area contributed by atoms with Gasteiger partial charge >= 0.3 is 12.1 Å². The summed E-state index contributed by atoms with van der Waals surface area (Å²) in [5.41, 5.74) is -0.242. The summed E-state index contributed by atoms with van der Waals surface area (Å²) in [6, 6.07) is -1.18. The Hall–Kier alpha value is -2.63. The maximum absolute atomic E-state index is 12.2. The van der Waals surface area contributed by atoms with E-state index in [0.29, 0.717) is 5.57 Å². The van der Waals surface area contributed by atoms with Crippen LogP contribution in [0.25, 0.3) is 0 Å². The van der Waals surface area contributed by atoms with E-state index in [1.807, 2.05) is 6.08 Å². The summed E-state index contributed by atoms with van der Waals surface area (Å²) in [6.07, 6.45) is 11.4. The molecule has 0 bridgehead atoms. The fourth-order valence-corrected chi connectivity index (χ4v) is 1.88. The number of amides is 1. The first-order valence-electron chi connectivity index (χ1n) is 7.66. The van der Waals surface area contributed by atoms with Crippen molar-refractivity contribution in [1.82, 2.24) is 5.32 Å². The highest BCUT2D eigenvalue weighted by atomic mass is 16.6. The van der Waals surface area contributed by atoms with E-state index in [1.165, 1.54) is 0 Å². The predicted octanol–water partition coefficient (Wildman–Crippen LogP) is 2.92. The van der Waals surface area contributed by atoms with Crippen molar-refractivity contribution in [2.75, 3.05) is 0 Å². The van der Waals surface area contributed by atoms with Crippen LogP contribution in [0.2, 0.25) is 0 Å². The SMILES string of the molecule is CC(C)(C)OC(=O)N[C@H](CCC(=O)C1=C/C=C\C=C/C=C1)C(=O)O. The molecule has 0 heterocycles. The number of ketones is 1. The van der Waals surface area contributed by atoms with Crippen LogP contribution in [-0.2, 0) is 14.3 Å². The number of nitrogens with one attached hydrogen (secondary N) is 1. The number of carboxylic acid groups (broad SMARTS) is 1. The van der Waals surface area contributed by atoms with Gasteiger partial charge in [-0.15, -0.1) is 0 Å². The Bertz CT molecular complexity index is 605. The molecule has 0 aliphatic heterocycles. The minimum atomic E-state index is -1.21. The number of allylic oxidation sites excluding steroid dienone is 8. The van der Waals surface area contributed by atoms with Crippen molar-refractivity contribution in [3.8, 4) is 0 Å². The Morgan fingerprint density at radius 2 is 1.75 bits per heavy atom. The van der Waals surface area contributed by atoms with Crippen molar-refractivity contribution < 1.29 is 24.2 Å². The molecular weight excluding hydrogens is 310 g/mol. The van der Waals surface area contributed by atoms with E-state index in [1.54, 1.807) is 57.2 Å². The molecule has 130 valence electrons. The minimum Gasteiger partial charge on any atom is -0.480 e. The third-order valence-corrected chi connectivity index (χ3v) is 2.97. The van der Waals surface area contributed by atoms with Gasteiger partial charge in [0.1, 0.15) is 11.6 Å². The molecule has 0 aromatic heterocycles. The molecule has 0 aromatic rings. The minimum absolute atomic E-state index is 0.000488. The normalized spacial score (nSPS) is 17.7. The van der Waals surface area contributed by atoms with Crippen LogP contribution in [0, 0.1) is 0 Å². The van der Waals surface area contributed by atoms with E-state index in [2.05, 4.69) is 5.32 Å². The Morgan fingerprint density at radius 3 is 2.38 bits per heavy atom. The molecule has 0 saturated heterocycles. The van der Waals surface area contributed by atoms with Crippen molar-refractivity contribution in [2.24, 2.45) is 0 Å². The zero-order valence-electron chi connectivity index (χ0n) is 14.1. The first-order valence-corrected chi connectivity index (χ1v) is 7.66. The smallest absolute Gasteiger partial charge is 0.408 e. The van der Waals surface area contributed by atoms with Gasteiger partial charge < -0.3 is 15.2 Å². The molecule has 2 N–H and O–H groups in total. The monoisotopic (exact) mass is 333 g/mol. The summed E-state index contributed by atoms with van der Waals surface area (Å²) in [4.78, 5) is 35.1. The Morgan fingerprint density at radius 1 is 1.12 bits per heavy atom. The molecule has 6 nitrogen and oxygen atoms in total. The van der Waals surface area contributed by atoms with Crippen molar-refractivity contribution in [3.63, 3.8) is 0 Å². The molecule has 1 amide bonds. The van der Waals surface area contributed by atoms with E-state index in [4.69, 9.17) is 4.74 Å². The van der Waals surface area contributed by atoms with E-state index < -0.39 is 23.7 Å². The summed E-state index contributed by atoms with van der Waals surface area (Å²) < 4.78 is 5.03. The molecule has 0 unspecified atom stereocenters. The maximum atomic E-state index is 12.2. The van der Waals surface area contributed by atoms with Crippen LogP contribution in [0.4, 0.5) is 4.79 Å². The summed E-state index contributed by atoms with van der Waals surface area (Å²) in [5.74, 6) is -1.40. The van der Waals surface area contributed by atoms with Crippen LogP contribution in [0.5, 0.6) is 0 Å². The topological polar surface area (TPSA) is 92.7 Å². The van der Waals surface area contributed by atoms with Crippen molar-refractivity contribution in [3.05, 3.63) is 48.1 Å². The highest BCUT2D eigenvalue weighted by Crippen LogP contribution is 2.11. The second-order valence-electron chi connectivity index (χ2n) is 6.25. The van der Waals surface area contributed by atoms with Crippen LogP contribution in [0.1, 0.15) is 33.6 Å². The summed E-state index contributed by atoms with van der Waals surface area (Å²) in [5, 5.41) is 11.5. The van der Waals surface area contributed by atoms with E-state index >= 15 is 0 Å². The molecule has 0 radical (unpaired) electrons. The highest BCUT2D eigenvalue weighted by molar-refractivity contribution is 5.98. The molecule has 1 aliphatic rings. The number of rotatable bonds is 6. The predicted molar refractivity (Wildman–Crippen MR) is 90.5 cm³/mol. The molecule has 0 fully saturated rings. The lowest BCUT2D eigenvalue weighted by Crippen LogP contribution is -2.43. The number of carbonyl (C=O) groups excluding carboxylic acids is 2. The third-order valence-electron chi connectivity index (χ3n) is 2.97. The van der Waals surface area contributed by atoms with Crippen LogP contribution >= 0.6 is 0 Å². The van der Waals surface area contributed by atoms with Gasteiger partial charge in [-0.3, -0.25) is 4.79 Å². The Balaban J connectivity index is 2.61. The standard InChI is InChI=1S/C18H23NO5/c1-18(2,3)24-17(23)19-14(16(21)22)11-12-15(20)13-9-7-5-4-6-8-10-13/h4-10,14H,11-12H2,1-3H3,(H,19,23)(H,21,22)/b5-4-,6-4?,7-5?,8-6-,9-7?,10-8?,13-9?,13-10?/t14-/m1/s1. The van der Waals surface area contributed by atoms with Crippen molar-refractivity contribution in [2.45, 2.75) is 45.3 Å². The Labute approximate surface area is 141 Å². The van der Waals surface area contributed by atoms with Crippen LogP contribution in [0.15, 0.2) is 48.1 Å². The number of Topliss-reactive ketones (excluding diaryl/α,β-unsaturated/α-hetero) is 1. The number of hydrogen-bond donors (Lipinski definition) is 2. The van der Waals surface area contributed by atoms with Crippen LogP contribution < -0.4 is 5.32 Å². The molecular formula is C18H23NO5. The summed E-state index contributed by atoms with van der Waals surface area (Å²) in [7, 11) is 0. The zero-order chi connectivity index (χ0) is 18.2. The van der Waals surface area contributed by atoms with Gasteiger partial charge in [-0.1, -0.05) is 42.5 Å². The van der Waals surface area contributed by atoms with Gasteiger partial charge in [0.2, 0.25) is 0 Å². The fourth-order valence-electron chi connectivity index (χ4n) is 1.88. The van der Waals surface area contributed by atoms with E-state index in [9.17, 15) is 19.5 Å². The molecule has 1 atom stereocenters. The zero-order valence-corrected chi connectivity index (χ0v) is 14.1. The largest absolute Gasteiger partial charge is 0.480 e. The van der Waals surface area contributed by atoms with E-state index in [0.717, 1.165) is 0 Å². The maximum Gasteiger partial charge on any atom is 0.408 e. The van der Waals surface area contributed by atoms with Gasteiger partial charge in [-0.2, -0.15) is 0 Å². The first-order chi connectivity index (χ1) is 11.2. The van der Waals surface area contributed by atoms with Crippen LogP contribution in [-0.4, -0.2) is 34.6 Å². The molecule has 1 rings (SSSR count). The third kappa shape index (κ3) is 7.58. The number of carboxylic acids is 1. The van der Waals surface area contributed by atoms with Gasteiger partial charge in [-0.05, 0) is 27.2 Å². The summed E-state index contributed by atoms with van der Waals surface area (Å²) >= 11 is 0. The molecule has 0 aromatic carbocycles. The number of hydrogen-bond acceptors (Lipinski definition) is 4. The average molecular weight is 333 g/mol. The van der Waals surface area contributed by atoms with Gasteiger partial charge in [0.05, 0.1) is 0 Å². The van der Waals surface area contributed by atoms with Crippen molar-refractivity contribution >= 4 is 17.8 Å². The molecule has 0 spiro atoms. The number of alkyl carbamates (subject to hydrolysis) is 1. The second-order valence-corrected chi connectivity index (χ2v) is 6.25. The molecule has 6 heteroatoms. The van der Waals surface area contributed by atoms with Gasteiger partial charge in [0, 0.05) is 12.0 Å². The van der Waals surface area contributed by atoms with Gasteiger partial charge in [-0.25, -0.2) is 9.59 Å². The summed E-state index contributed by atoms with van der Waals surface area (Å²) in [6.45, 7) is 5.05. The lowest BCUT2D eigenvalue weighted by Gasteiger charge is -2.21. The lowest BCUT2D eigenvalue weighted by atomic mass is 10.0. The fraction of sp³-hybridized carbons (Fsp3) is 0.389. The average Bonchev–Trinajstić information content (AvgIpc) is 2.40. The van der Waals surface area contributed by atoms with Crippen molar-refractivity contribution in [1.29, 1.82) is 0 Å². The molecule has 24 heavy (non-hydrogen) atoms. The number of aliphatic carboxylic acids is 1. The second kappa shape index (κ2) is 8.86. The van der Waals surface area contributed by atoms with Gasteiger partial charge in [0.15, 0.2) is 5.78 Å². The number of ether oxygens (including phenoxy) is 1. The highest BCUT2D eigenvalue weighted by Gasteiger charge is 2.24. The first kappa shape index (κ1) is 19.4. The van der Waals surface area contributed by atoms with Gasteiger partial charge in [0.25, 0.3) is 0 Å². The molecule has 0 saturated carbocycles. The lowest BCUT2D eigenvalue weighted by molar-refractivity contribution is -0.139. The quantitative estimate of drug-likeness (QED) is 0.779. The van der Waals surface area contributed by atoms with E-state index in [-0.39, 0.29) is 18.6 Å². The Kier molecular flexibility index (Phi) is 7.17. The number of carbonyl (C=O) groups is 3. The van der Waals surface area contributed by atoms with Crippen LogP contribution in [0.3, 0.4) is 0 Å².